The van der Waals surface area contributed by atoms with E-state index in [0.29, 0.717) is 32.6 Å². The average Bonchev–Trinajstić information content (AvgIpc) is 3.01. The number of carbonyl (C=O) groups is 2. The van der Waals surface area contributed by atoms with Gasteiger partial charge in [0.25, 0.3) is 0 Å². The van der Waals surface area contributed by atoms with Gasteiger partial charge in [-0.1, -0.05) is 18.2 Å². The third-order valence-electron chi connectivity index (χ3n) is 5.70. The van der Waals surface area contributed by atoms with Gasteiger partial charge in [0.15, 0.2) is 0 Å². The molecule has 8 heteroatoms. The minimum absolute atomic E-state index is 0.0581. The Labute approximate surface area is 181 Å². The largest absolute Gasteiger partial charge is 0.378 e. The zero-order chi connectivity index (χ0) is 21.8. The van der Waals surface area contributed by atoms with Crippen molar-refractivity contribution < 1.29 is 14.3 Å². The van der Waals surface area contributed by atoms with E-state index in [0.717, 1.165) is 22.4 Å². The van der Waals surface area contributed by atoms with Crippen LogP contribution in [0.25, 0.3) is 11.0 Å². The molecule has 2 amide bonds. The molecule has 162 valence electrons. The highest BCUT2D eigenvalue weighted by molar-refractivity contribution is 5.85. The fraction of sp³-hybridized carbons (Fsp3) is 0.391. The van der Waals surface area contributed by atoms with E-state index in [2.05, 4.69) is 14.5 Å². The summed E-state index contributed by atoms with van der Waals surface area (Å²) in [7, 11) is 1.62. The normalized spacial score (nSPS) is 17.2. The molecule has 0 aliphatic carbocycles. The molecule has 0 N–H and O–H groups in total. The number of para-hydroxylation sites is 2. The lowest BCUT2D eigenvalue weighted by molar-refractivity contribution is -0.139. The molecule has 1 aliphatic heterocycles. The van der Waals surface area contributed by atoms with Crippen molar-refractivity contribution in [1.29, 1.82) is 0 Å². The monoisotopic (exact) mass is 421 g/mol. The van der Waals surface area contributed by atoms with Crippen molar-refractivity contribution in [2.45, 2.75) is 32.5 Å². The molecule has 0 saturated carbocycles. The lowest BCUT2D eigenvalue weighted by atomic mass is 10.2. The van der Waals surface area contributed by atoms with Crippen LogP contribution in [0.15, 0.2) is 48.8 Å². The molecule has 1 atom stereocenters. The molecular formula is C23H27N5O3. The minimum atomic E-state index is -0.233. The number of rotatable bonds is 6. The van der Waals surface area contributed by atoms with Crippen LogP contribution in [0, 0.1) is 6.92 Å². The predicted molar refractivity (Wildman–Crippen MR) is 116 cm³/mol. The number of carbonyl (C=O) groups excluding carboxylic acids is 2. The van der Waals surface area contributed by atoms with E-state index >= 15 is 0 Å². The fourth-order valence-electron chi connectivity index (χ4n) is 4.03. The van der Waals surface area contributed by atoms with Crippen LogP contribution in [-0.4, -0.2) is 69.0 Å². The predicted octanol–water partition coefficient (Wildman–Crippen LogP) is 2.02. The van der Waals surface area contributed by atoms with Crippen LogP contribution in [0.3, 0.4) is 0 Å². The van der Waals surface area contributed by atoms with Gasteiger partial charge in [-0.3, -0.25) is 14.6 Å². The Kier molecular flexibility index (Phi) is 6.27. The summed E-state index contributed by atoms with van der Waals surface area (Å²) < 4.78 is 7.63. The summed E-state index contributed by atoms with van der Waals surface area (Å²) in [5, 5.41) is 0. The number of methoxy groups -OCH3 is 1. The van der Waals surface area contributed by atoms with Crippen LogP contribution in [0.4, 0.5) is 0 Å². The van der Waals surface area contributed by atoms with Crippen LogP contribution >= 0.6 is 0 Å². The number of amides is 2. The number of nitrogens with zero attached hydrogens (tertiary/aromatic N) is 5. The molecule has 1 saturated heterocycles. The number of imidazole rings is 1. The molecule has 1 aliphatic rings. The van der Waals surface area contributed by atoms with E-state index in [4.69, 9.17) is 4.74 Å². The smallest absolute Gasteiger partial charge is 0.242 e. The molecule has 1 aromatic carbocycles. The summed E-state index contributed by atoms with van der Waals surface area (Å²) in [5.41, 5.74) is 2.88. The molecule has 8 nitrogen and oxygen atoms in total. The van der Waals surface area contributed by atoms with Gasteiger partial charge in [0.05, 0.1) is 23.7 Å². The first kappa shape index (κ1) is 21.0. The van der Waals surface area contributed by atoms with Gasteiger partial charge in [0, 0.05) is 52.1 Å². The van der Waals surface area contributed by atoms with Crippen molar-refractivity contribution in [2.75, 3.05) is 26.7 Å². The highest BCUT2D eigenvalue weighted by Crippen LogP contribution is 2.17. The number of benzene rings is 1. The molecule has 3 heterocycles. The second-order valence-electron chi connectivity index (χ2n) is 7.82. The van der Waals surface area contributed by atoms with Crippen molar-refractivity contribution in [2.24, 2.45) is 0 Å². The van der Waals surface area contributed by atoms with E-state index in [1.807, 2.05) is 43.3 Å². The summed E-state index contributed by atoms with van der Waals surface area (Å²) in [6.07, 6.45) is 3.52. The molecular weight excluding hydrogens is 394 g/mol. The second kappa shape index (κ2) is 9.26. The van der Waals surface area contributed by atoms with Crippen molar-refractivity contribution in [3.8, 4) is 0 Å². The highest BCUT2D eigenvalue weighted by Gasteiger charge is 2.30. The summed E-state index contributed by atoms with van der Waals surface area (Å²) in [4.78, 5) is 38.0. The number of aryl methyl sites for hydroxylation is 2. The third-order valence-corrected chi connectivity index (χ3v) is 5.70. The van der Waals surface area contributed by atoms with Gasteiger partial charge in [0.2, 0.25) is 11.8 Å². The summed E-state index contributed by atoms with van der Waals surface area (Å²) in [6, 6.07) is 11.7. The van der Waals surface area contributed by atoms with Crippen molar-refractivity contribution >= 4 is 22.8 Å². The van der Waals surface area contributed by atoms with E-state index in [-0.39, 0.29) is 24.5 Å². The van der Waals surface area contributed by atoms with Crippen molar-refractivity contribution in [1.82, 2.24) is 24.3 Å². The van der Waals surface area contributed by atoms with Gasteiger partial charge in [0.1, 0.15) is 5.82 Å². The lowest BCUT2D eigenvalue weighted by Crippen LogP contribution is -2.39. The number of hydrogen-bond donors (Lipinski definition) is 0. The Morgan fingerprint density at radius 3 is 2.81 bits per heavy atom. The fourth-order valence-corrected chi connectivity index (χ4v) is 4.03. The van der Waals surface area contributed by atoms with E-state index in [1.165, 1.54) is 0 Å². The number of aromatic nitrogens is 3. The van der Waals surface area contributed by atoms with Crippen molar-refractivity contribution in [3.05, 3.63) is 60.2 Å². The number of ether oxygens (including phenoxy) is 1. The topological polar surface area (TPSA) is 80.6 Å². The SMILES string of the molecule is COC1CN(C(=O)CCn2c(C)nc3ccccc32)CC(=O)N(Cc2cccnc2)C1. The molecule has 2 aromatic heterocycles. The summed E-state index contributed by atoms with van der Waals surface area (Å²) in [6.45, 7) is 3.81. The number of pyridine rings is 1. The zero-order valence-electron chi connectivity index (χ0n) is 17.9. The van der Waals surface area contributed by atoms with Gasteiger partial charge in [-0.25, -0.2) is 4.98 Å². The second-order valence-corrected chi connectivity index (χ2v) is 7.82. The number of fused-ring (bicyclic) bond motifs is 1. The molecule has 0 bridgehead atoms. The molecule has 0 radical (unpaired) electrons. The van der Waals surface area contributed by atoms with Crippen LogP contribution < -0.4 is 0 Å². The lowest BCUT2D eigenvalue weighted by Gasteiger charge is -2.23. The first-order valence-corrected chi connectivity index (χ1v) is 10.4. The zero-order valence-corrected chi connectivity index (χ0v) is 17.9. The molecule has 4 rings (SSSR count). The molecule has 0 spiro atoms. The van der Waals surface area contributed by atoms with Crippen LogP contribution in [-0.2, 0) is 27.4 Å². The molecule has 31 heavy (non-hydrogen) atoms. The first-order chi connectivity index (χ1) is 15.0. The van der Waals surface area contributed by atoms with Gasteiger partial charge in [-0.2, -0.15) is 0 Å². The van der Waals surface area contributed by atoms with Gasteiger partial charge in [-0.15, -0.1) is 0 Å². The van der Waals surface area contributed by atoms with E-state index < -0.39 is 0 Å². The van der Waals surface area contributed by atoms with E-state index in [1.54, 1.807) is 29.3 Å². The first-order valence-electron chi connectivity index (χ1n) is 10.4. The van der Waals surface area contributed by atoms with Gasteiger partial charge in [-0.05, 0) is 30.7 Å². The molecule has 3 aromatic rings. The van der Waals surface area contributed by atoms with Crippen LogP contribution in [0.1, 0.15) is 17.8 Å². The quantitative estimate of drug-likeness (QED) is 0.608. The van der Waals surface area contributed by atoms with Crippen LogP contribution in [0.5, 0.6) is 0 Å². The summed E-state index contributed by atoms with van der Waals surface area (Å²) in [5.74, 6) is 0.732. The Morgan fingerprint density at radius 2 is 2.03 bits per heavy atom. The highest BCUT2D eigenvalue weighted by atomic mass is 16.5. The molecule has 1 fully saturated rings. The summed E-state index contributed by atoms with van der Waals surface area (Å²) >= 11 is 0. The maximum atomic E-state index is 13.0. The Balaban J connectivity index is 1.44. The average molecular weight is 422 g/mol. The maximum Gasteiger partial charge on any atom is 0.242 e. The Bertz CT molecular complexity index is 1070. The maximum absolute atomic E-state index is 13.0. The number of hydrogen-bond acceptors (Lipinski definition) is 5. The van der Waals surface area contributed by atoms with Gasteiger partial charge < -0.3 is 19.1 Å². The Hall–Kier alpha value is -3.26. The van der Waals surface area contributed by atoms with Crippen molar-refractivity contribution in [3.63, 3.8) is 0 Å². The Morgan fingerprint density at radius 1 is 1.19 bits per heavy atom. The third kappa shape index (κ3) is 4.74. The molecule has 1 unspecified atom stereocenters. The van der Waals surface area contributed by atoms with Crippen LogP contribution in [0.2, 0.25) is 0 Å². The van der Waals surface area contributed by atoms with Gasteiger partial charge >= 0.3 is 0 Å². The van der Waals surface area contributed by atoms with E-state index in [9.17, 15) is 9.59 Å². The standard InChI is InChI=1S/C23H27N5O3/c1-17-25-20-7-3-4-8-21(20)28(17)11-9-22(29)27-15-19(31-2)14-26(23(30)16-27)13-18-6-5-10-24-12-18/h3-8,10,12,19H,9,11,13-16H2,1-2H3. The minimum Gasteiger partial charge on any atom is -0.378 e.